The van der Waals surface area contributed by atoms with Crippen molar-refractivity contribution in [2.45, 2.75) is 0 Å². The summed E-state index contributed by atoms with van der Waals surface area (Å²) in [6.07, 6.45) is 2.74. The molecule has 1 N–H and O–H groups in total. The fraction of sp³-hybridized carbons (Fsp3) is 0.0769. The van der Waals surface area contributed by atoms with Crippen LogP contribution in [0, 0.1) is 5.82 Å². The minimum atomic E-state index is -1.08. The first-order valence-electron chi connectivity index (χ1n) is 5.14. The van der Waals surface area contributed by atoms with Crippen LogP contribution in [-0.4, -0.2) is 23.2 Å². The number of halogens is 1. The van der Waals surface area contributed by atoms with Crippen molar-refractivity contribution in [2.75, 3.05) is 7.11 Å². The summed E-state index contributed by atoms with van der Waals surface area (Å²) in [5, 5.41) is 9.06. The largest absolute Gasteiger partial charge is 0.494 e. The highest BCUT2D eigenvalue weighted by Crippen LogP contribution is 2.28. The zero-order valence-corrected chi connectivity index (χ0v) is 9.55. The van der Waals surface area contributed by atoms with E-state index in [1.165, 1.54) is 37.7 Å². The van der Waals surface area contributed by atoms with Gasteiger partial charge in [-0.2, -0.15) is 0 Å². The van der Waals surface area contributed by atoms with Crippen molar-refractivity contribution in [3.63, 3.8) is 0 Å². The van der Waals surface area contributed by atoms with Crippen molar-refractivity contribution in [1.82, 2.24) is 4.98 Å². The first kappa shape index (κ1) is 12.0. The van der Waals surface area contributed by atoms with Crippen LogP contribution in [0.15, 0.2) is 36.7 Å². The van der Waals surface area contributed by atoms with Gasteiger partial charge in [-0.3, -0.25) is 4.98 Å². The number of carboxylic acid groups (broad SMARTS) is 1. The van der Waals surface area contributed by atoms with E-state index >= 15 is 0 Å². The predicted octanol–water partition coefficient (Wildman–Crippen LogP) is 2.59. The summed E-state index contributed by atoms with van der Waals surface area (Å²) in [7, 11) is 1.35. The van der Waals surface area contributed by atoms with Gasteiger partial charge >= 0.3 is 5.97 Å². The Morgan fingerprint density at radius 3 is 2.83 bits per heavy atom. The molecule has 0 aliphatic carbocycles. The molecule has 0 saturated carbocycles. The molecule has 0 saturated heterocycles. The molecule has 1 aromatic carbocycles. The summed E-state index contributed by atoms with van der Waals surface area (Å²) < 4.78 is 18.2. The van der Waals surface area contributed by atoms with E-state index < -0.39 is 11.8 Å². The van der Waals surface area contributed by atoms with Crippen LogP contribution < -0.4 is 4.74 Å². The van der Waals surface area contributed by atoms with Crippen molar-refractivity contribution in [3.05, 3.63) is 48.0 Å². The van der Waals surface area contributed by atoms with Crippen molar-refractivity contribution < 1.29 is 19.0 Å². The first-order valence-corrected chi connectivity index (χ1v) is 5.14. The van der Waals surface area contributed by atoms with E-state index in [2.05, 4.69) is 4.98 Å². The van der Waals surface area contributed by atoms with Crippen LogP contribution in [0.1, 0.15) is 10.4 Å². The normalized spacial score (nSPS) is 10.1. The molecule has 0 aliphatic rings. The van der Waals surface area contributed by atoms with Crippen LogP contribution in [0.5, 0.6) is 5.75 Å². The molecular formula is C13H10FNO3. The SMILES string of the molecule is COc1cc(-c2ccncc2C(=O)O)ccc1F. The van der Waals surface area contributed by atoms with Gasteiger partial charge in [0.2, 0.25) is 0 Å². The zero-order valence-electron chi connectivity index (χ0n) is 9.55. The predicted molar refractivity (Wildman–Crippen MR) is 63.1 cm³/mol. The van der Waals surface area contributed by atoms with E-state index in [0.29, 0.717) is 11.1 Å². The van der Waals surface area contributed by atoms with Crippen molar-refractivity contribution in [1.29, 1.82) is 0 Å². The number of rotatable bonds is 3. The lowest BCUT2D eigenvalue weighted by atomic mass is 10.0. The maximum absolute atomic E-state index is 13.3. The molecule has 2 rings (SSSR count). The number of nitrogens with zero attached hydrogens (tertiary/aromatic N) is 1. The Hall–Kier alpha value is -2.43. The average molecular weight is 247 g/mol. The Bertz CT molecular complexity index is 599. The highest BCUT2D eigenvalue weighted by Gasteiger charge is 2.13. The van der Waals surface area contributed by atoms with E-state index in [0.717, 1.165) is 0 Å². The van der Waals surface area contributed by atoms with Crippen molar-refractivity contribution >= 4 is 5.97 Å². The monoisotopic (exact) mass is 247 g/mol. The second-order valence-electron chi connectivity index (χ2n) is 3.58. The summed E-state index contributed by atoms with van der Waals surface area (Å²) in [4.78, 5) is 14.8. The zero-order chi connectivity index (χ0) is 13.1. The summed E-state index contributed by atoms with van der Waals surface area (Å²) in [6, 6.07) is 5.76. The topological polar surface area (TPSA) is 59.4 Å². The molecule has 0 atom stereocenters. The molecule has 0 bridgehead atoms. The quantitative estimate of drug-likeness (QED) is 0.905. The van der Waals surface area contributed by atoms with Gasteiger partial charge in [0.25, 0.3) is 0 Å². The van der Waals surface area contributed by atoms with Crippen LogP contribution in [0.4, 0.5) is 4.39 Å². The highest BCUT2D eigenvalue weighted by atomic mass is 19.1. The molecule has 0 fully saturated rings. The maximum atomic E-state index is 13.3. The van der Waals surface area contributed by atoms with Gasteiger partial charge in [0.05, 0.1) is 12.7 Å². The molecule has 5 heteroatoms. The Balaban J connectivity index is 2.58. The first-order chi connectivity index (χ1) is 8.63. The van der Waals surface area contributed by atoms with Crippen LogP contribution in [-0.2, 0) is 0 Å². The van der Waals surface area contributed by atoms with Gasteiger partial charge in [0.1, 0.15) is 0 Å². The van der Waals surface area contributed by atoms with Crippen LogP contribution in [0.2, 0.25) is 0 Å². The van der Waals surface area contributed by atoms with Crippen LogP contribution in [0.3, 0.4) is 0 Å². The summed E-state index contributed by atoms with van der Waals surface area (Å²) >= 11 is 0. The van der Waals surface area contributed by atoms with E-state index in [9.17, 15) is 9.18 Å². The van der Waals surface area contributed by atoms with Gasteiger partial charge in [-0.25, -0.2) is 9.18 Å². The number of pyridine rings is 1. The number of benzene rings is 1. The fourth-order valence-corrected chi connectivity index (χ4v) is 1.64. The average Bonchev–Trinajstić information content (AvgIpc) is 2.39. The molecule has 1 heterocycles. The number of aromatic nitrogens is 1. The van der Waals surface area contributed by atoms with Gasteiger partial charge in [0, 0.05) is 12.4 Å². The third-order valence-corrected chi connectivity index (χ3v) is 2.51. The number of methoxy groups -OCH3 is 1. The number of hydrogen-bond acceptors (Lipinski definition) is 3. The third kappa shape index (κ3) is 2.15. The number of carbonyl (C=O) groups is 1. The van der Waals surface area contributed by atoms with Gasteiger partial charge in [-0.15, -0.1) is 0 Å². The second kappa shape index (κ2) is 4.83. The summed E-state index contributed by atoms with van der Waals surface area (Å²) in [6.45, 7) is 0. The lowest BCUT2D eigenvalue weighted by Crippen LogP contribution is -2.00. The molecule has 1 aromatic heterocycles. The van der Waals surface area contributed by atoms with E-state index in [1.807, 2.05) is 0 Å². The molecule has 0 amide bonds. The second-order valence-corrected chi connectivity index (χ2v) is 3.58. The number of aromatic carboxylic acids is 1. The molecule has 4 nitrogen and oxygen atoms in total. The van der Waals surface area contributed by atoms with Crippen molar-refractivity contribution in [2.24, 2.45) is 0 Å². The van der Waals surface area contributed by atoms with E-state index in [1.54, 1.807) is 6.07 Å². The molecule has 92 valence electrons. The number of ether oxygens (including phenoxy) is 1. The molecule has 0 spiro atoms. The molecule has 2 aromatic rings. The lowest BCUT2D eigenvalue weighted by Gasteiger charge is -2.08. The Labute approximate surface area is 103 Å². The molecule has 0 aliphatic heterocycles. The van der Waals surface area contributed by atoms with Gasteiger partial charge in [-0.1, -0.05) is 6.07 Å². The lowest BCUT2D eigenvalue weighted by molar-refractivity contribution is 0.0697. The van der Waals surface area contributed by atoms with Crippen LogP contribution >= 0.6 is 0 Å². The summed E-state index contributed by atoms with van der Waals surface area (Å²) in [5.41, 5.74) is 1.09. The van der Waals surface area contributed by atoms with Gasteiger partial charge < -0.3 is 9.84 Å². The Kier molecular flexibility index (Phi) is 3.23. The fourth-order valence-electron chi connectivity index (χ4n) is 1.64. The third-order valence-electron chi connectivity index (χ3n) is 2.51. The smallest absolute Gasteiger partial charge is 0.337 e. The maximum Gasteiger partial charge on any atom is 0.337 e. The van der Waals surface area contributed by atoms with Crippen LogP contribution in [0.25, 0.3) is 11.1 Å². The minimum Gasteiger partial charge on any atom is -0.494 e. The Morgan fingerprint density at radius 2 is 2.17 bits per heavy atom. The highest BCUT2D eigenvalue weighted by molar-refractivity contribution is 5.95. The molecular weight excluding hydrogens is 237 g/mol. The van der Waals surface area contributed by atoms with E-state index in [4.69, 9.17) is 9.84 Å². The van der Waals surface area contributed by atoms with Crippen molar-refractivity contribution in [3.8, 4) is 16.9 Å². The molecule has 0 unspecified atom stereocenters. The molecule has 18 heavy (non-hydrogen) atoms. The van der Waals surface area contributed by atoms with E-state index in [-0.39, 0.29) is 11.3 Å². The standard InChI is InChI=1S/C13H10FNO3/c1-18-12-6-8(2-3-11(12)14)9-4-5-15-7-10(9)13(16)17/h2-7H,1H3,(H,16,17). The Morgan fingerprint density at radius 1 is 1.39 bits per heavy atom. The minimum absolute atomic E-state index is 0.0613. The molecule has 0 radical (unpaired) electrons. The summed E-state index contributed by atoms with van der Waals surface area (Å²) in [5.74, 6) is -1.51. The van der Waals surface area contributed by atoms with Gasteiger partial charge in [0.15, 0.2) is 11.6 Å². The van der Waals surface area contributed by atoms with Gasteiger partial charge in [-0.05, 0) is 29.3 Å². The number of hydrogen-bond donors (Lipinski definition) is 1. The number of carboxylic acids is 1.